The van der Waals surface area contributed by atoms with Gasteiger partial charge in [0.2, 0.25) is 0 Å². The summed E-state index contributed by atoms with van der Waals surface area (Å²) in [6.07, 6.45) is 1.63. The van der Waals surface area contributed by atoms with Crippen molar-refractivity contribution in [2.45, 2.75) is 16.7 Å². The average Bonchev–Trinajstić information content (AvgIpc) is 2.74. The molecule has 1 saturated heterocycles. The smallest absolute Gasteiger partial charge is 0.270 e. The number of para-hydroxylation sites is 1. The van der Waals surface area contributed by atoms with E-state index in [4.69, 9.17) is 12.2 Å². The summed E-state index contributed by atoms with van der Waals surface area (Å²) in [5, 5.41) is 2.73. The molecule has 30 heavy (non-hydrogen) atoms. The SMILES string of the molecule is Cc1ccccc1N1C(=O)/C(=C\c2ccccc2Sc2ccccc2)C(=O)NC1=S. The van der Waals surface area contributed by atoms with Gasteiger partial charge in [-0.05, 0) is 60.6 Å². The van der Waals surface area contributed by atoms with Gasteiger partial charge in [-0.3, -0.25) is 19.8 Å². The first-order valence-electron chi connectivity index (χ1n) is 9.33. The second-order valence-corrected chi connectivity index (χ2v) is 8.20. The molecule has 2 amide bonds. The lowest BCUT2D eigenvalue weighted by molar-refractivity contribution is -0.122. The van der Waals surface area contributed by atoms with Crippen molar-refractivity contribution in [3.05, 3.63) is 95.6 Å². The number of nitrogens with one attached hydrogen (secondary N) is 1. The number of hydrogen-bond donors (Lipinski definition) is 1. The zero-order chi connectivity index (χ0) is 21.1. The molecule has 3 aromatic carbocycles. The molecular weight excluding hydrogens is 412 g/mol. The third-order valence-corrected chi connectivity index (χ3v) is 6.03. The van der Waals surface area contributed by atoms with E-state index in [9.17, 15) is 9.59 Å². The molecule has 3 aromatic rings. The van der Waals surface area contributed by atoms with Gasteiger partial charge < -0.3 is 0 Å². The number of rotatable bonds is 4. The Morgan fingerprint density at radius 1 is 0.900 bits per heavy atom. The fourth-order valence-corrected chi connectivity index (χ4v) is 4.37. The number of anilines is 1. The Morgan fingerprint density at radius 2 is 1.57 bits per heavy atom. The van der Waals surface area contributed by atoms with Crippen molar-refractivity contribution in [2.24, 2.45) is 0 Å². The molecule has 1 N–H and O–H groups in total. The third-order valence-electron chi connectivity index (χ3n) is 4.65. The maximum absolute atomic E-state index is 13.3. The normalized spacial score (nSPS) is 15.4. The highest BCUT2D eigenvalue weighted by molar-refractivity contribution is 7.99. The maximum atomic E-state index is 13.3. The van der Waals surface area contributed by atoms with Gasteiger partial charge in [0.15, 0.2) is 5.11 Å². The fraction of sp³-hybridized carbons (Fsp3) is 0.0417. The molecule has 4 rings (SSSR count). The van der Waals surface area contributed by atoms with Crippen LogP contribution in [0, 0.1) is 6.92 Å². The van der Waals surface area contributed by atoms with Gasteiger partial charge in [0.1, 0.15) is 5.57 Å². The maximum Gasteiger partial charge on any atom is 0.270 e. The summed E-state index contributed by atoms with van der Waals surface area (Å²) in [7, 11) is 0. The highest BCUT2D eigenvalue weighted by atomic mass is 32.2. The topological polar surface area (TPSA) is 49.4 Å². The number of benzene rings is 3. The Hall–Kier alpha value is -3.22. The van der Waals surface area contributed by atoms with Crippen LogP contribution in [0.25, 0.3) is 6.08 Å². The summed E-state index contributed by atoms with van der Waals surface area (Å²) in [6, 6.07) is 25.1. The van der Waals surface area contributed by atoms with Crippen molar-refractivity contribution in [3.8, 4) is 0 Å². The number of carbonyl (C=O) groups excluding carboxylic acids is 2. The quantitative estimate of drug-likeness (QED) is 0.360. The summed E-state index contributed by atoms with van der Waals surface area (Å²) >= 11 is 6.87. The van der Waals surface area contributed by atoms with Crippen LogP contribution in [-0.2, 0) is 9.59 Å². The van der Waals surface area contributed by atoms with Crippen LogP contribution < -0.4 is 10.2 Å². The molecular formula is C24H18N2O2S2. The van der Waals surface area contributed by atoms with Gasteiger partial charge in [0.25, 0.3) is 11.8 Å². The second kappa shape index (κ2) is 8.65. The van der Waals surface area contributed by atoms with Crippen LogP contribution in [0.2, 0.25) is 0 Å². The summed E-state index contributed by atoms with van der Waals surface area (Å²) in [5.74, 6) is -0.924. The van der Waals surface area contributed by atoms with Crippen molar-refractivity contribution in [1.29, 1.82) is 0 Å². The molecule has 1 aliphatic rings. The van der Waals surface area contributed by atoms with E-state index in [0.717, 1.165) is 20.9 Å². The number of hydrogen-bond acceptors (Lipinski definition) is 4. The van der Waals surface area contributed by atoms with E-state index in [1.165, 1.54) is 4.90 Å². The molecule has 0 bridgehead atoms. The molecule has 0 spiro atoms. The molecule has 0 saturated carbocycles. The molecule has 0 aliphatic carbocycles. The van der Waals surface area contributed by atoms with Crippen LogP contribution in [-0.4, -0.2) is 16.9 Å². The molecule has 0 atom stereocenters. The zero-order valence-corrected chi connectivity index (χ0v) is 17.8. The number of thiocarbonyl (C=S) groups is 1. The van der Waals surface area contributed by atoms with Crippen LogP contribution in [0.1, 0.15) is 11.1 Å². The van der Waals surface area contributed by atoms with E-state index < -0.39 is 11.8 Å². The van der Waals surface area contributed by atoms with E-state index in [2.05, 4.69) is 5.32 Å². The van der Waals surface area contributed by atoms with Gasteiger partial charge in [0, 0.05) is 9.79 Å². The van der Waals surface area contributed by atoms with Gasteiger partial charge in [-0.15, -0.1) is 0 Å². The van der Waals surface area contributed by atoms with Crippen molar-refractivity contribution in [3.63, 3.8) is 0 Å². The van der Waals surface area contributed by atoms with Gasteiger partial charge in [-0.2, -0.15) is 0 Å². The highest BCUT2D eigenvalue weighted by Crippen LogP contribution is 2.32. The number of nitrogens with zero attached hydrogens (tertiary/aromatic N) is 1. The van der Waals surface area contributed by atoms with E-state index >= 15 is 0 Å². The first kappa shape index (κ1) is 20.1. The lowest BCUT2D eigenvalue weighted by atomic mass is 10.1. The van der Waals surface area contributed by atoms with Crippen LogP contribution in [0.3, 0.4) is 0 Å². The Labute approximate surface area is 184 Å². The first-order valence-corrected chi connectivity index (χ1v) is 10.6. The average molecular weight is 431 g/mol. The van der Waals surface area contributed by atoms with E-state index in [0.29, 0.717) is 5.69 Å². The molecule has 0 aromatic heterocycles. The molecule has 6 heteroatoms. The summed E-state index contributed by atoms with van der Waals surface area (Å²) in [4.78, 5) is 29.3. The minimum absolute atomic E-state index is 0.0490. The van der Waals surface area contributed by atoms with E-state index in [1.54, 1.807) is 17.8 Å². The standard InChI is InChI=1S/C24H18N2O2S2/c1-16-9-5-7-13-20(16)26-23(28)19(22(27)25-24(26)29)15-17-10-6-8-14-21(17)30-18-11-3-2-4-12-18/h2-15H,1H3,(H,25,27,29)/b19-15-. The minimum Gasteiger partial charge on any atom is -0.298 e. The lowest BCUT2D eigenvalue weighted by Gasteiger charge is -2.30. The van der Waals surface area contributed by atoms with Crippen molar-refractivity contribution in [2.75, 3.05) is 4.90 Å². The summed E-state index contributed by atoms with van der Waals surface area (Å²) < 4.78 is 0. The Balaban J connectivity index is 1.73. The van der Waals surface area contributed by atoms with Crippen LogP contribution >= 0.6 is 24.0 Å². The number of aryl methyl sites for hydroxylation is 1. The Bertz CT molecular complexity index is 1170. The van der Waals surface area contributed by atoms with Gasteiger partial charge >= 0.3 is 0 Å². The monoisotopic (exact) mass is 430 g/mol. The van der Waals surface area contributed by atoms with Crippen LogP contribution in [0.4, 0.5) is 5.69 Å². The zero-order valence-electron chi connectivity index (χ0n) is 16.2. The minimum atomic E-state index is -0.491. The Kier molecular flexibility index (Phi) is 5.79. The third kappa shape index (κ3) is 4.06. The molecule has 0 unspecified atom stereocenters. The largest absolute Gasteiger partial charge is 0.298 e. The Morgan fingerprint density at radius 3 is 2.33 bits per heavy atom. The molecule has 1 aliphatic heterocycles. The first-order chi connectivity index (χ1) is 14.5. The van der Waals surface area contributed by atoms with Gasteiger partial charge in [-0.25, -0.2) is 0 Å². The summed E-state index contributed by atoms with van der Waals surface area (Å²) in [5.41, 5.74) is 2.39. The molecule has 4 nitrogen and oxygen atoms in total. The van der Waals surface area contributed by atoms with Gasteiger partial charge in [-0.1, -0.05) is 66.4 Å². The fourth-order valence-electron chi connectivity index (χ4n) is 3.15. The molecule has 1 fully saturated rings. The van der Waals surface area contributed by atoms with Crippen molar-refractivity contribution >= 4 is 52.7 Å². The molecule has 0 radical (unpaired) electrons. The predicted octanol–water partition coefficient (Wildman–Crippen LogP) is 4.98. The number of carbonyl (C=O) groups is 2. The van der Waals surface area contributed by atoms with Crippen molar-refractivity contribution in [1.82, 2.24) is 5.32 Å². The highest BCUT2D eigenvalue weighted by Gasteiger charge is 2.35. The van der Waals surface area contributed by atoms with Crippen LogP contribution in [0.15, 0.2) is 94.2 Å². The molecule has 148 valence electrons. The van der Waals surface area contributed by atoms with E-state index in [-0.39, 0.29) is 10.7 Å². The molecule has 1 heterocycles. The van der Waals surface area contributed by atoms with Crippen LogP contribution in [0.5, 0.6) is 0 Å². The van der Waals surface area contributed by atoms with E-state index in [1.807, 2.05) is 85.8 Å². The summed E-state index contributed by atoms with van der Waals surface area (Å²) in [6.45, 7) is 1.90. The predicted molar refractivity (Wildman–Crippen MR) is 124 cm³/mol. The van der Waals surface area contributed by atoms with Gasteiger partial charge in [0.05, 0.1) is 5.69 Å². The van der Waals surface area contributed by atoms with Crippen molar-refractivity contribution < 1.29 is 9.59 Å². The number of amides is 2. The lowest BCUT2D eigenvalue weighted by Crippen LogP contribution is -2.54. The second-order valence-electron chi connectivity index (χ2n) is 6.70.